The highest BCUT2D eigenvalue weighted by Gasteiger charge is 2.39. The topological polar surface area (TPSA) is 75.7 Å². The predicted molar refractivity (Wildman–Crippen MR) is 81.0 cm³/mol. The van der Waals surface area contributed by atoms with Crippen LogP contribution in [0.2, 0.25) is 0 Å². The van der Waals surface area contributed by atoms with Crippen LogP contribution in [0.1, 0.15) is 27.7 Å². The molecule has 0 bridgehead atoms. The van der Waals surface area contributed by atoms with Crippen molar-refractivity contribution in [2.45, 2.75) is 38.9 Å². The van der Waals surface area contributed by atoms with E-state index in [1.165, 1.54) is 0 Å². The number of hydrogen-bond acceptors (Lipinski definition) is 5. The Morgan fingerprint density at radius 2 is 1.71 bits per heavy atom. The van der Waals surface area contributed by atoms with Crippen molar-refractivity contribution in [1.82, 2.24) is 5.16 Å². The van der Waals surface area contributed by atoms with Gasteiger partial charge < -0.3 is 19.3 Å². The minimum atomic E-state index is -1.12. The first-order chi connectivity index (χ1) is 9.71. The Kier molecular flexibility index (Phi) is 4.23. The smallest absolute Gasteiger partial charge is 0.423 e. The highest BCUT2D eigenvalue weighted by molar-refractivity contribution is 6.60. The third-order valence-corrected chi connectivity index (χ3v) is 3.80. The van der Waals surface area contributed by atoms with E-state index in [-0.39, 0.29) is 0 Å². The molecule has 0 aliphatic heterocycles. The van der Waals surface area contributed by atoms with E-state index in [2.05, 4.69) is 5.16 Å². The van der Waals surface area contributed by atoms with Gasteiger partial charge in [-0.05, 0) is 33.2 Å². The zero-order chi connectivity index (χ0) is 15.7. The van der Waals surface area contributed by atoms with E-state index in [0.717, 1.165) is 5.56 Å². The van der Waals surface area contributed by atoms with E-state index < -0.39 is 18.3 Å². The molecule has 112 valence electrons. The highest BCUT2D eigenvalue weighted by atomic mass is 16.5. The minimum Gasteiger partial charge on any atom is -0.423 e. The summed E-state index contributed by atoms with van der Waals surface area (Å²) in [6.45, 7) is 6.76. The van der Waals surface area contributed by atoms with E-state index in [1.807, 2.05) is 12.1 Å². The molecular weight excluding hydrogens is 269 g/mol. The molecule has 0 spiro atoms. The van der Waals surface area contributed by atoms with Crippen LogP contribution >= 0.6 is 0 Å². The summed E-state index contributed by atoms with van der Waals surface area (Å²) >= 11 is 0. The normalized spacial score (nSPS) is 12.5. The minimum absolute atomic E-state index is 0.607. The van der Waals surface area contributed by atoms with Crippen molar-refractivity contribution < 1.29 is 19.3 Å². The van der Waals surface area contributed by atoms with E-state index in [1.54, 1.807) is 52.1 Å². The van der Waals surface area contributed by atoms with E-state index >= 15 is 0 Å². The van der Waals surface area contributed by atoms with Gasteiger partial charge in [-0.15, -0.1) is 0 Å². The first-order valence-electron chi connectivity index (χ1n) is 6.80. The molecule has 21 heavy (non-hydrogen) atoms. The van der Waals surface area contributed by atoms with E-state index in [0.29, 0.717) is 11.2 Å². The molecule has 0 fully saturated rings. The van der Waals surface area contributed by atoms with Crippen molar-refractivity contribution in [3.8, 4) is 11.3 Å². The predicted octanol–water partition coefficient (Wildman–Crippen LogP) is 1.60. The maximum absolute atomic E-state index is 10.2. The molecule has 0 unspecified atom stereocenters. The van der Waals surface area contributed by atoms with Gasteiger partial charge in [-0.3, -0.25) is 0 Å². The number of aromatic nitrogens is 1. The Labute approximate surface area is 124 Å². The van der Waals surface area contributed by atoms with E-state index in [4.69, 9.17) is 9.18 Å². The van der Waals surface area contributed by atoms with Gasteiger partial charge in [-0.1, -0.05) is 29.4 Å². The van der Waals surface area contributed by atoms with Crippen molar-refractivity contribution in [3.05, 3.63) is 36.5 Å². The second kappa shape index (κ2) is 5.64. The van der Waals surface area contributed by atoms with Gasteiger partial charge in [0.1, 0.15) is 0 Å². The van der Waals surface area contributed by atoms with Crippen LogP contribution in [0, 0.1) is 0 Å². The molecule has 0 radical (unpaired) electrons. The van der Waals surface area contributed by atoms with Crippen LogP contribution in [-0.2, 0) is 4.65 Å². The maximum atomic E-state index is 10.2. The van der Waals surface area contributed by atoms with Crippen molar-refractivity contribution in [2.75, 3.05) is 0 Å². The van der Waals surface area contributed by atoms with Crippen LogP contribution in [0.5, 0.6) is 0 Å². The summed E-state index contributed by atoms with van der Waals surface area (Å²) < 4.78 is 10.7. The van der Waals surface area contributed by atoms with Crippen LogP contribution in [0.4, 0.5) is 0 Å². The Bertz CT molecular complexity index is 573. The second-order valence-corrected chi connectivity index (χ2v) is 6.04. The molecule has 5 nitrogen and oxygen atoms in total. The lowest BCUT2D eigenvalue weighted by atomic mass is 9.76. The molecule has 6 heteroatoms. The Morgan fingerprint density at radius 3 is 2.19 bits per heavy atom. The molecule has 2 rings (SSSR count). The molecular formula is C15H20BNO4. The van der Waals surface area contributed by atoms with Crippen molar-refractivity contribution in [3.63, 3.8) is 0 Å². The molecule has 1 aromatic carbocycles. The molecule has 0 atom stereocenters. The fourth-order valence-corrected chi connectivity index (χ4v) is 1.67. The largest absolute Gasteiger partial charge is 0.491 e. The maximum Gasteiger partial charge on any atom is 0.491 e. The van der Waals surface area contributed by atoms with Gasteiger partial charge in [0.05, 0.1) is 17.4 Å². The SMILES string of the molecule is CC(C)(O)C(C)(C)OB(O)c1ccc(-c2ccno2)cc1. The van der Waals surface area contributed by atoms with E-state index in [9.17, 15) is 10.1 Å². The van der Waals surface area contributed by atoms with Crippen LogP contribution < -0.4 is 5.46 Å². The number of nitrogens with zero attached hydrogens (tertiary/aromatic N) is 1. The standard InChI is InChI=1S/C15H20BNO4/c1-14(2,18)15(3,4)21-16(19)12-7-5-11(6-8-12)13-9-10-17-20-13/h5-10,18-19H,1-4H3. The summed E-state index contributed by atoms with van der Waals surface area (Å²) in [4.78, 5) is 0. The number of hydrogen-bond donors (Lipinski definition) is 2. The fraction of sp³-hybridized carbons (Fsp3) is 0.400. The second-order valence-electron chi connectivity index (χ2n) is 6.04. The average molecular weight is 289 g/mol. The zero-order valence-electron chi connectivity index (χ0n) is 12.7. The number of rotatable bonds is 5. The monoisotopic (exact) mass is 289 g/mol. The van der Waals surface area contributed by atoms with Gasteiger partial charge in [0.25, 0.3) is 0 Å². The first kappa shape index (κ1) is 15.8. The van der Waals surface area contributed by atoms with Crippen LogP contribution in [-0.4, -0.2) is 33.6 Å². The Morgan fingerprint density at radius 1 is 1.10 bits per heavy atom. The van der Waals surface area contributed by atoms with Crippen molar-refractivity contribution in [1.29, 1.82) is 0 Å². The van der Waals surface area contributed by atoms with Gasteiger partial charge in [-0.25, -0.2) is 0 Å². The van der Waals surface area contributed by atoms with Gasteiger partial charge in [0.15, 0.2) is 5.76 Å². The quantitative estimate of drug-likeness (QED) is 0.818. The summed E-state index contributed by atoms with van der Waals surface area (Å²) in [6, 6.07) is 8.91. The van der Waals surface area contributed by atoms with Crippen molar-refractivity contribution in [2.24, 2.45) is 0 Å². The molecule has 0 aliphatic carbocycles. The molecule has 0 saturated carbocycles. The lowest BCUT2D eigenvalue weighted by Crippen LogP contribution is -2.53. The lowest BCUT2D eigenvalue weighted by molar-refractivity contribution is -0.0982. The highest BCUT2D eigenvalue weighted by Crippen LogP contribution is 2.25. The molecule has 0 aliphatic rings. The summed E-state index contributed by atoms with van der Waals surface area (Å²) in [5, 5.41) is 23.9. The van der Waals surface area contributed by atoms with Gasteiger partial charge >= 0.3 is 7.12 Å². The third-order valence-electron chi connectivity index (χ3n) is 3.80. The molecule has 2 N–H and O–H groups in total. The summed E-state index contributed by atoms with van der Waals surface area (Å²) in [5.74, 6) is 0.661. The third kappa shape index (κ3) is 3.53. The Balaban J connectivity index is 2.12. The Hall–Kier alpha value is -1.63. The molecule has 1 heterocycles. The van der Waals surface area contributed by atoms with Crippen molar-refractivity contribution >= 4 is 12.6 Å². The fourth-order valence-electron chi connectivity index (χ4n) is 1.67. The zero-order valence-corrected chi connectivity index (χ0v) is 12.7. The van der Waals surface area contributed by atoms with Gasteiger partial charge in [-0.2, -0.15) is 0 Å². The van der Waals surface area contributed by atoms with Crippen LogP contribution in [0.25, 0.3) is 11.3 Å². The summed E-state index contributed by atoms with van der Waals surface area (Å²) in [6.07, 6.45) is 1.58. The van der Waals surface area contributed by atoms with Crippen LogP contribution in [0.3, 0.4) is 0 Å². The lowest BCUT2D eigenvalue weighted by Gasteiger charge is -2.38. The molecule has 2 aromatic rings. The van der Waals surface area contributed by atoms with Crippen LogP contribution in [0.15, 0.2) is 41.1 Å². The summed E-state index contributed by atoms with van der Waals surface area (Å²) in [7, 11) is -1.12. The molecule has 1 aromatic heterocycles. The first-order valence-corrected chi connectivity index (χ1v) is 6.80. The number of benzene rings is 1. The summed E-state index contributed by atoms with van der Waals surface area (Å²) in [5.41, 5.74) is -0.496. The molecule has 0 saturated heterocycles. The van der Waals surface area contributed by atoms with Gasteiger partial charge in [0.2, 0.25) is 0 Å². The number of aliphatic hydroxyl groups is 1. The molecule has 0 amide bonds. The average Bonchev–Trinajstić information content (AvgIpc) is 2.91. The van der Waals surface area contributed by atoms with Gasteiger partial charge in [0, 0.05) is 11.6 Å².